The lowest BCUT2D eigenvalue weighted by Gasteiger charge is -2.38. The van der Waals surface area contributed by atoms with Crippen molar-refractivity contribution in [1.29, 1.82) is 0 Å². The van der Waals surface area contributed by atoms with Gasteiger partial charge >= 0.3 is 0 Å². The third kappa shape index (κ3) is 4.19. The van der Waals surface area contributed by atoms with E-state index in [1.807, 2.05) is 0 Å². The van der Waals surface area contributed by atoms with E-state index in [4.69, 9.17) is 4.74 Å². The summed E-state index contributed by atoms with van der Waals surface area (Å²) in [4.78, 5) is 2.30. The lowest BCUT2D eigenvalue weighted by atomic mass is 9.81. The van der Waals surface area contributed by atoms with Crippen LogP contribution in [0.1, 0.15) is 33.4 Å². The van der Waals surface area contributed by atoms with Crippen LogP contribution in [0.15, 0.2) is 152 Å². The van der Waals surface area contributed by atoms with Crippen LogP contribution in [0.3, 0.4) is 0 Å². The van der Waals surface area contributed by atoms with Gasteiger partial charge in [-0.3, -0.25) is 0 Å². The predicted molar refractivity (Wildman–Crippen MR) is 201 cm³/mol. The van der Waals surface area contributed by atoms with Gasteiger partial charge in [-0.25, -0.2) is 0 Å². The molecule has 9 rings (SSSR count). The van der Waals surface area contributed by atoms with Crippen LogP contribution in [0.25, 0.3) is 39.1 Å². The van der Waals surface area contributed by atoms with Crippen molar-refractivity contribution in [3.63, 3.8) is 0 Å². The summed E-state index contributed by atoms with van der Waals surface area (Å²) in [6, 6.07) is 52.0. The minimum atomic E-state index is -0.808. The highest BCUT2D eigenvalue weighted by molar-refractivity contribution is 6.20. The molecule has 1 unspecified atom stereocenters. The van der Waals surface area contributed by atoms with Gasteiger partial charge in [0.2, 0.25) is 0 Å². The molecule has 0 N–H and O–H groups in total. The highest BCUT2D eigenvalue weighted by Gasteiger charge is 2.40. The van der Waals surface area contributed by atoms with Gasteiger partial charge in [-0.15, -0.1) is 0 Å². The Morgan fingerprint density at radius 3 is 1.77 bits per heavy atom. The van der Waals surface area contributed by atoms with E-state index in [1.54, 1.807) is 0 Å². The van der Waals surface area contributed by atoms with Crippen LogP contribution in [0.4, 0.5) is 17.1 Å². The summed E-state index contributed by atoms with van der Waals surface area (Å²) < 4.78 is 7.50. The lowest BCUT2D eigenvalue weighted by Crippen LogP contribution is -2.34. The van der Waals surface area contributed by atoms with E-state index >= 15 is 0 Å². The average Bonchev–Trinajstić information content (AvgIpc) is 3.46. The molecule has 7 aromatic rings. The van der Waals surface area contributed by atoms with Gasteiger partial charge in [0.05, 0.1) is 0 Å². The van der Waals surface area contributed by atoms with Gasteiger partial charge in [0.15, 0.2) is 5.60 Å². The number of hydrogen-bond acceptors (Lipinski definition) is 2. The minimum Gasteiger partial charge on any atom is -0.472 e. The quantitative estimate of drug-likeness (QED) is 0.190. The Kier molecular flexibility index (Phi) is 6.42. The fraction of sp³-hybridized carbons (Fsp3) is 0.0870. The number of benzene rings is 7. The molecular weight excluding hydrogens is 583 g/mol. The molecule has 2 aliphatic rings. The summed E-state index contributed by atoms with van der Waals surface area (Å²) >= 11 is 0. The fourth-order valence-electron chi connectivity index (χ4n) is 7.87. The molecule has 0 saturated carbocycles. The maximum atomic E-state index is 7.50. The zero-order chi connectivity index (χ0) is 32.4. The first kappa shape index (κ1) is 28.4. The zero-order valence-corrected chi connectivity index (χ0v) is 27.4. The van der Waals surface area contributed by atoms with E-state index in [1.165, 1.54) is 49.7 Å². The van der Waals surface area contributed by atoms with E-state index in [0.29, 0.717) is 0 Å². The molecule has 1 aliphatic heterocycles. The molecule has 1 heterocycles. The Hall–Kier alpha value is -5.86. The Balaban J connectivity index is 1.23. The summed E-state index contributed by atoms with van der Waals surface area (Å²) in [7, 11) is 0. The molecule has 0 amide bonds. The van der Waals surface area contributed by atoms with Gasteiger partial charge in [-0.1, -0.05) is 121 Å². The Morgan fingerprint density at radius 1 is 0.521 bits per heavy atom. The van der Waals surface area contributed by atoms with E-state index in [0.717, 1.165) is 39.5 Å². The Labute approximate surface area is 282 Å². The molecular formula is C46H35NO. The summed E-state index contributed by atoms with van der Waals surface area (Å²) in [6.07, 6.45) is 4.58. The van der Waals surface area contributed by atoms with Crippen LogP contribution in [0.2, 0.25) is 0 Å². The maximum Gasteiger partial charge on any atom is 0.178 e. The third-order valence-corrected chi connectivity index (χ3v) is 10.2. The molecule has 0 fully saturated rings. The molecule has 0 saturated heterocycles. The fourth-order valence-corrected chi connectivity index (χ4v) is 7.87. The van der Waals surface area contributed by atoms with E-state index in [2.05, 4.69) is 183 Å². The van der Waals surface area contributed by atoms with E-state index in [9.17, 15) is 0 Å². The first-order valence-corrected chi connectivity index (χ1v) is 16.7. The number of aryl methyl sites for hydroxylation is 2. The number of ether oxygens (including phenoxy) is 1. The first-order chi connectivity index (χ1) is 23.5. The number of rotatable bonds is 5. The number of nitrogens with zero attached hydrogens (tertiary/aromatic N) is 1. The van der Waals surface area contributed by atoms with Crippen LogP contribution in [-0.4, -0.2) is 0 Å². The van der Waals surface area contributed by atoms with Crippen molar-refractivity contribution in [3.05, 3.63) is 185 Å². The highest BCUT2D eigenvalue weighted by atomic mass is 16.5. The first-order valence-electron chi connectivity index (χ1n) is 16.7. The van der Waals surface area contributed by atoms with Crippen molar-refractivity contribution in [1.82, 2.24) is 0 Å². The SMILES string of the molecule is Cc1ccc2c(c1)-c1c(C)c3c(c4c(C)ccc-2c14)OC(c1ccccc1)(c1ccc(N(c2ccccc2)c2ccccc2)cc1)C=C3. The van der Waals surface area contributed by atoms with Gasteiger partial charge in [-0.05, 0) is 96.6 Å². The zero-order valence-electron chi connectivity index (χ0n) is 27.4. The predicted octanol–water partition coefficient (Wildman–Crippen LogP) is 12.2. The molecule has 0 spiro atoms. The van der Waals surface area contributed by atoms with Gasteiger partial charge in [0, 0.05) is 44.5 Å². The average molecular weight is 618 g/mol. The molecule has 0 radical (unpaired) electrons. The number of anilines is 3. The highest BCUT2D eigenvalue weighted by Crippen LogP contribution is 2.56. The number of para-hydroxylation sites is 2. The summed E-state index contributed by atoms with van der Waals surface area (Å²) in [6.45, 7) is 6.66. The molecule has 48 heavy (non-hydrogen) atoms. The molecule has 2 heteroatoms. The monoisotopic (exact) mass is 617 g/mol. The second-order valence-corrected chi connectivity index (χ2v) is 13.1. The van der Waals surface area contributed by atoms with Gasteiger partial charge < -0.3 is 9.64 Å². The normalized spacial score (nSPS) is 15.6. The summed E-state index contributed by atoms with van der Waals surface area (Å²) in [5, 5.41) is 2.51. The largest absolute Gasteiger partial charge is 0.472 e. The van der Waals surface area contributed by atoms with Crippen molar-refractivity contribution < 1.29 is 4.74 Å². The topological polar surface area (TPSA) is 12.5 Å². The van der Waals surface area contributed by atoms with Crippen LogP contribution >= 0.6 is 0 Å². The van der Waals surface area contributed by atoms with Crippen LogP contribution in [0.5, 0.6) is 5.75 Å². The van der Waals surface area contributed by atoms with E-state index < -0.39 is 5.60 Å². The summed E-state index contributed by atoms with van der Waals surface area (Å²) in [5.41, 5.74) is 14.9. The van der Waals surface area contributed by atoms with Crippen molar-refractivity contribution >= 4 is 33.9 Å². The summed E-state index contributed by atoms with van der Waals surface area (Å²) in [5.74, 6) is 0.959. The van der Waals surface area contributed by atoms with Crippen molar-refractivity contribution in [3.8, 4) is 28.0 Å². The lowest BCUT2D eigenvalue weighted by molar-refractivity contribution is 0.163. The minimum absolute atomic E-state index is 0.808. The van der Waals surface area contributed by atoms with Gasteiger partial charge in [0.1, 0.15) is 5.75 Å². The molecule has 7 aromatic carbocycles. The van der Waals surface area contributed by atoms with Gasteiger partial charge in [-0.2, -0.15) is 0 Å². The second-order valence-electron chi connectivity index (χ2n) is 13.1. The maximum absolute atomic E-state index is 7.50. The smallest absolute Gasteiger partial charge is 0.178 e. The van der Waals surface area contributed by atoms with Crippen LogP contribution in [0, 0.1) is 20.8 Å². The Bertz CT molecular complexity index is 2340. The molecule has 1 atom stereocenters. The second kappa shape index (κ2) is 10.9. The standard InChI is InChI=1S/C46H35NO/c1-30-19-25-39-40-26-20-31(2)42-44(40)43(41(39)29-30)32(3)38-27-28-46(48-45(38)42,33-13-7-4-8-14-33)34-21-23-37(24-22-34)47(35-15-9-5-10-16-35)36-17-11-6-12-18-36/h4-29H,1-3H3. The third-order valence-electron chi connectivity index (χ3n) is 10.2. The molecule has 230 valence electrons. The molecule has 2 nitrogen and oxygen atoms in total. The van der Waals surface area contributed by atoms with Crippen molar-refractivity contribution in [2.45, 2.75) is 26.4 Å². The van der Waals surface area contributed by atoms with Crippen molar-refractivity contribution in [2.75, 3.05) is 4.90 Å². The Morgan fingerprint density at radius 2 is 1.10 bits per heavy atom. The van der Waals surface area contributed by atoms with E-state index in [-0.39, 0.29) is 0 Å². The van der Waals surface area contributed by atoms with Crippen LogP contribution < -0.4 is 9.64 Å². The molecule has 0 bridgehead atoms. The van der Waals surface area contributed by atoms with Crippen LogP contribution in [-0.2, 0) is 5.60 Å². The van der Waals surface area contributed by atoms with Crippen molar-refractivity contribution in [2.24, 2.45) is 0 Å². The number of fused-ring (bicyclic) bond motifs is 5. The molecule has 0 aromatic heterocycles. The van der Waals surface area contributed by atoms with Gasteiger partial charge in [0.25, 0.3) is 0 Å². The molecule has 1 aliphatic carbocycles. The number of hydrogen-bond donors (Lipinski definition) is 0.